The van der Waals surface area contributed by atoms with Gasteiger partial charge in [0.05, 0.1) is 10.9 Å². The Hall–Kier alpha value is -3.48. The van der Waals surface area contributed by atoms with Crippen molar-refractivity contribution in [1.82, 2.24) is 25.1 Å². The van der Waals surface area contributed by atoms with Crippen LogP contribution in [0.1, 0.15) is 30.6 Å². The third kappa shape index (κ3) is 2.97. The highest BCUT2D eigenvalue weighted by Gasteiger charge is 2.16. The highest BCUT2D eigenvalue weighted by molar-refractivity contribution is 5.98. The molecular weight excluding hydrogens is 342 g/mol. The van der Waals surface area contributed by atoms with Crippen LogP contribution in [0, 0.1) is 0 Å². The van der Waals surface area contributed by atoms with Crippen molar-refractivity contribution in [2.75, 3.05) is 0 Å². The predicted octanol–water partition coefficient (Wildman–Crippen LogP) is 2.77. The molecule has 2 heterocycles. The molecule has 0 fully saturated rings. The van der Waals surface area contributed by atoms with Gasteiger partial charge in [0.25, 0.3) is 11.5 Å². The molecule has 7 heteroatoms. The fraction of sp³-hybridized carbons (Fsp3) is 0.200. The maximum atomic E-state index is 12.5. The number of carbonyl (C=O) groups excluding carboxylic acids is 1. The van der Waals surface area contributed by atoms with Crippen LogP contribution in [0.4, 0.5) is 0 Å². The van der Waals surface area contributed by atoms with Crippen molar-refractivity contribution in [3.63, 3.8) is 0 Å². The van der Waals surface area contributed by atoms with Crippen LogP contribution in [0.15, 0.2) is 53.3 Å². The van der Waals surface area contributed by atoms with E-state index in [9.17, 15) is 9.59 Å². The van der Waals surface area contributed by atoms with Gasteiger partial charge < -0.3 is 5.32 Å². The first-order valence-corrected chi connectivity index (χ1v) is 8.85. The Morgan fingerprint density at radius 1 is 1.22 bits per heavy atom. The second kappa shape index (κ2) is 6.68. The van der Waals surface area contributed by atoms with Crippen LogP contribution in [0.25, 0.3) is 27.8 Å². The summed E-state index contributed by atoms with van der Waals surface area (Å²) in [6.45, 7) is 3.96. The van der Waals surface area contributed by atoms with E-state index in [0.29, 0.717) is 27.8 Å². The number of aromatic nitrogens is 4. The van der Waals surface area contributed by atoms with Gasteiger partial charge in [0, 0.05) is 17.2 Å². The lowest BCUT2D eigenvalue weighted by molar-refractivity contribution is 0.0939. The molecule has 1 unspecified atom stereocenters. The van der Waals surface area contributed by atoms with Crippen LogP contribution in [0.5, 0.6) is 0 Å². The van der Waals surface area contributed by atoms with Gasteiger partial charge in [-0.1, -0.05) is 37.3 Å². The fourth-order valence-corrected chi connectivity index (χ4v) is 2.97. The molecule has 27 heavy (non-hydrogen) atoms. The summed E-state index contributed by atoms with van der Waals surface area (Å²) in [7, 11) is 0. The van der Waals surface area contributed by atoms with Crippen LogP contribution in [0.3, 0.4) is 0 Å². The summed E-state index contributed by atoms with van der Waals surface area (Å²) in [5.74, 6) is -0.174. The Morgan fingerprint density at radius 2 is 2.00 bits per heavy atom. The molecule has 0 saturated carbocycles. The largest absolute Gasteiger partial charge is 0.350 e. The Labute approximate surface area is 155 Å². The first kappa shape index (κ1) is 17.0. The molecule has 2 aromatic carbocycles. The van der Waals surface area contributed by atoms with E-state index in [1.54, 1.807) is 22.7 Å². The molecule has 0 saturated heterocycles. The van der Waals surface area contributed by atoms with E-state index < -0.39 is 0 Å². The second-order valence-corrected chi connectivity index (χ2v) is 6.52. The normalized spacial score (nSPS) is 12.4. The lowest BCUT2D eigenvalue weighted by atomic mass is 10.1. The zero-order valence-corrected chi connectivity index (χ0v) is 15.1. The van der Waals surface area contributed by atoms with Crippen molar-refractivity contribution in [1.29, 1.82) is 0 Å². The molecule has 1 atom stereocenters. The number of hydrogen-bond acceptors (Lipinski definition) is 4. The van der Waals surface area contributed by atoms with Gasteiger partial charge in [0.15, 0.2) is 5.65 Å². The third-order valence-corrected chi connectivity index (χ3v) is 4.66. The number of carbonyl (C=O) groups is 1. The van der Waals surface area contributed by atoms with Crippen molar-refractivity contribution >= 4 is 22.5 Å². The highest BCUT2D eigenvalue weighted by Crippen LogP contribution is 2.22. The van der Waals surface area contributed by atoms with Gasteiger partial charge in [0.1, 0.15) is 5.69 Å². The van der Waals surface area contributed by atoms with Crippen LogP contribution in [-0.2, 0) is 0 Å². The van der Waals surface area contributed by atoms with Crippen LogP contribution in [-0.4, -0.2) is 31.8 Å². The minimum atomic E-state index is -0.350. The van der Waals surface area contributed by atoms with E-state index in [1.165, 1.54) is 0 Å². The summed E-state index contributed by atoms with van der Waals surface area (Å²) < 4.78 is 1.64. The average molecular weight is 361 g/mol. The van der Waals surface area contributed by atoms with Crippen LogP contribution < -0.4 is 10.9 Å². The molecular formula is C20H19N5O2. The number of amides is 1. The SMILES string of the molecule is CCC(C)NC(=O)c1ccc2c(=O)nc3c(-c4ccccc4)n[nH]n3c2c1. The number of benzene rings is 2. The van der Waals surface area contributed by atoms with E-state index in [4.69, 9.17) is 0 Å². The third-order valence-electron chi connectivity index (χ3n) is 4.66. The molecule has 0 radical (unpaired) electrons. The van der Waals surface area contributed by atoms with Gasteiger partial charge in [-0.05, 0) is 31.5 Å². The monoisotopic (exact) mass is 361 g/mol. The molecule has 1 amide bonds. The number of hydrogen-bond donors (Lipinski definition) is 2. The Bertz CT molecular complexity index is 1190. The second-order valence-electron chi connectivity index (χ2n) is 6.52. The number of aromatic amines is 1. The van der Waals surface area contributed by atoms with E-state index in [0.717, 1.165) is 12.0 Å². The zero-order chi connectivity index (χ0) is 19.0. The van der Waals surface area contributed by atoms with Crippen molar-refractivity contribution in [2.24, 2.45) is 0 Å². The van der Waals surface area contributed by atoms with Crippen molar-refractivity contribution in [3.8, 4) is 11.3 Å². The molecule has 0 bridgehead atoms. The maximum Gasteiger partial charge on any atom is 0.281 e. The first-order valence-electron chi connectivity index (χ1n) is 8.85. The quantitative estimate of drug-likeness (QED) is 0.585. The lowest BCUT2D eigenvalue weighted by Gasteiger charge is -2.11. The number of nitrogens with one attached hydrogen (secondary N) is 2. The molecule has 2 N–H and O–H groups in total. The summed E-state index contributed by atoms with van der Waals surface area (Å²) in [4.78, 5) is 29.2. The standard InChI is InChI=1S/C20H19N5O2/c1-3-12(2)21-19(26)14-9-10-15-16(11-14)25-18(22-20(15)27)17(23-24-25)13-7-5-4-6-8-13/h4-12,24H,3H2,1-2H3,(H,21,26). The molecule has 0 aliphatic rings. The van der Waals surface area contributed by atoms with E-state index in [2.05, 4.69) is 20.6 Å². The molecule has 0 spiro atoms. The summed E-state index contributed by atoms with van der Waals surface area (Å²) in [6.07, 6.45) is 0.841. The van der Waals surface area contributed by atoms with Crippen LogP contribution in [0.2, 0.25) is 0 Å². The van der Waals surface area contributed by atoms with Crippen molar-refractivity contribution < 1.29 is 4.79 Å². The Kier molecular flexibility index (Phi) is 4.19. The van der Waals surface area contributed by atoms with Crippen molar-refractivity contribution in [3.05, 3.63) is 64.4 Å². The number of nitrogens with zero attached hydrogens (tertiary/aromatic N) is 3. The smallest absolute Gasteiger partial charge is 0.281 e. The van der Waals surface area contributed by atoms with E-state index in [-0.39, 0.29) is 17.5 Å². The van der Waals surface area contributed by atoms with Gasteiger partial charge in [-0.2, -0.15) is 10.1 Å². The molecule has 136 valence electrons. The molecule has 4 aromatic rings. The molecule has 0 aliphatic heterocycles. The molecule has 4 rings (SSSR count). The lowest BCUT2D eigenvalue weighted by Crippen LogP contribution is -2.31. The zero-order valence-electron chi connectivity index (χ0n) is 15.1. The molecule has 2 aromatic heterocycles. The van der Waals surface area contributed by atoms with Gasteiger partial charge in [-0.25, -0.2) is 9.73 Å². The average Bonchev–Trinajstić information content (AvgIpc) is 3.12. The predicted molar refractivity (Wildman–Crippen MR) is 104 cm³/mol. The van der Waals surface area contributed by atoms with Crippen molar-refractivity contribution in [2.45, 2.75) is 26.3 Å². The summed E-state index contributed by atoms with van der Waals surface area (Å²) in [6, 6.07) is 14.6. The minimum Gasteiger partial charge on any atom is -0.350 e. The number of fused-ring (bicyclic) bond motifs is 3. The summed E-state index contributed by atoms with van der Waals surface area (Å²) in [5.41, 5.74) is 2.57. The summed E-state index contributed by atoms with van der Waals surface area (Å²) in [5, 5.41) is 10.6. The fourth-order valence-electron chi connectivity index (χ4n) is 2.97. The molecule has 0 aliphatic carbocycles. The Balaban J connectivity index is 1.90. The van der Waals surface area contributed by atoms with E-state index in [1.807, 2.05) is 44.2 Å². The van der Waals surface area contributed by atoms with Gasteiger partial charge in [0.2, 0.25) is 0 Å². The first-order chi connectivity index (χ1) is 13.1. The van der Waals surface area contributed by atoms with Gasteiger partial charge >= 0.3 is 0 Å². The minimum absolute atomic E-state index is 0.0743. The highest BCUT2D eigenvalue weighted by atomic mass is 16.1. The number of rotatable bonds is 4. The van der Waals surface area contributed by atoms with Gasteiger partial charge in [-0.3, -0.25) is 9.59 Å². The molecule has 7 nitrogen and oxygen atoms in total. The number of H-pyrrole nitrogens is 1. The van der Waals surface area contributed by atoms with E-state index >= 15 is 0 Å². The maximum absolute atomic E-state index is 12.5. The summed E-state index contributed by atoms with van der Waals surface area (Å²) >= 11 is 0. The van der Waals surface area contributed by atoms with Crippen LogP contribution >= 0.6 is 0 Å². The Morgan fingerprint density at radius 3 is 2.74 bits per heavy atom. The van der Waals surface area contributed by atoms with Gasteiger partial charge in [-0.15, -0.1) is 0 Å². The topological polar surface area (TPSA) is 92.2 Å².